The molecule has 0 saturated heterocycles. The van der Waals surface area contributed by atoms with Crippen LogP contribution in [-0.4, -0.2) is 21.7 Å². The van der Waals surface area contributed by atoms with Crippen LogP contribution in [0.4, 0.5) is 17.5 Å². The Morgan fingerprint density at radius 2 is 1.81 bits per heavy atom. The first-order chi connectivity index (χ1) is 10.0. The van der Waals surface area contributed by atoms with Crippen molar-refractivity contribution in [3.63, 3.8) is 0 Å². The second kappa shape index (κ2) is 7.02. The van der Waals surface area contributed by atoms with Crippen LogP contribution in [0.15, 0.2) is 24.4 Å². The first kappa shape index (κ1) is 15.2. The van der Waals surface area contributed by atoms with Gasteiger partial charge in [0.25, 0.3) is 0 Å². The van der Waals surface area contributed by atoms with Crippen molar-refractivity contribution in [3.05, 3.63) is 35.5 Å². The number of hydrogen-bond donors (Lipinski definition) is 2. The first-order valence-electron chi connectivity index (χ1n) is 7.32. The van der Waals surface area contributed by atoms with Crippen molar-refractivity contribution in [1.29, 1.82) is 0 Å². The molecule has 0 radical (unpaired) electrons. The SMILES string of the molecule is Cc1cc(C)cc(Nc2nncc(NCCC(C)C)n2)c1. The summed E-state index contributed by atoms with van der Waals surface area (Å²) in [5.74, 6) is 1.92. The molecule has 2 aromatic rings. The summed E-state index contributed by atoms with van der Waals surface area (Å²) in [6, 6.07) is 6.26. The average Bonchev–Trinajstić information content (AvgIpc) is 2.37. The molecule has 0 spiro atoms. The number of nitrogens with one attached hydrogen (secondary N) is 2. The Labute approximate surface area is 126 Å². The lowest BCUT2D eigenvalue weighted by Gasteiger charge is -2.09. The van der Waals surface area contributed by atoms with Gasteiger partial charge in [0.2, 0.25) is 5.95 Å². The summed E-state index contributed by atoms with van der Waals surface area (Å²) in [5, 5.41) is 14.5. The molecule has 0 bridgehead atoms. The van der Waals surface area contributed by atoms with Crippen LogP contribution in [0.3, 0.4) is 0 Å². The third kappa shape index (κ3) is 5.02. The summed E-state index contributed by atoms with van der Waals surface area (Å²) in [5.41, 5.74) is 3.39. The number of anilines is 3. The van der Waals surface area contributed by atoms with E-state index in [1.54, 1.807) is 6.20 Å². The highest BCUT2D eigenvalue weighted by atomic mass is 15.3. The van der Waals surface area contributed by atoms with Crippen molar-refractivity contribution in [2.24, 2.45) is 5.92 Å². The maximum Gasteiger partial charge on any atom is 0.249 e. The lowest BCUT2D eigenvalue weighted by Crippen LogP contribution is -2.08. The fraction of sp³-hybridized carbons (Fsp3) is 0.438. The first-order valence-corrected chi connectivity index (χ1v) is 7.32. The van der Waals surface area contributed by atoms with Gasteiger partial charge in [-0.1, -0.05) is 19.9 Å². The van der Waals surface area contributed by atoms with E-state index in [0.29, 0.717) is 11.9 Å². The van der Waals surface area contributed by atoms with E-state index < -0.39 is 0 Å². The normalized spacial score (nSPS) is 10.7. The topological polar surface area (TPSA) is 62.7 Å². The second-order valence-corrected chi connectivity index (χ2v) is 5.78. The van der Waals surface area contributed by atoms with Gasteiger partial charge in [0, 0.05) is 12.2 Å². The van der Waals surface area contributed by atoms with Crippen molar-refractivity contribution in [2.75, 3.05) is 17.2 Å². The number of benzene rings is 1. The van der Waals surface area contributed by atoms with Gasteiger partial charge in [-0.2, -0.15) is 10.1 Å². The number of aromatic nitrogens is 3. The van der Waals surface area contributed by atoms with Gasteiger partial charge in [-0.15, -0.1) is 5.10 Å². The van der Waals surface area contributed by atoms with Crippen molar-refractivity contribution in [2.45, 2.75) is 34.1 Å². The van der Waals surface area contributed by atoms with Crippen molar-refractivity contribution < 1.29 is 0 Å². The second-order valence-electron chi connectivity index (χ2n) is 5.78. The zero-order valence-corrected chi connectivity index (χ0v) is 13.1. The lowest BCUT2D eigenvalue weighted by molar-refractivity contribution is 0.606. The quantitative estimate of drug-likeness (QED) is 0.847. The van der Waals surface area contributed by atoms with Gasteiger partial charge in [0.1, 0.15) is 0 Å². The van der Waals surface area contributed by atoms with E-state index in [1.807, 2.05) is 0 Å². The molecule has 0 aliphatic heterocycles. The number of rotatable bonds is 6. The Morgan fingerprint density at radius 3 is 2.48 bits per heavy atom. The Bertz CT molecular complexity index is 575. The molecule has 5 heteroatoms. The third-order valence-corrected chi connectivity index (χ3v) is 3.06. The molecule has 0 amide bonds. The van der Waals surface area contributed by atoms with Gasteiger partial charge in [0.15, 0.2) is 5.82 Å². The maximum absolute atomic E-state index is 4.43. The molecule has 2 N–H and O–H groups in total. The molecule has 112 valence electrons. The Balaban J connectivity index is 2.03. The van der Waals surface area contributed by atoms with E-state index in [-0.39, 0.29) is 0 Å². The van der Waals surface area contributed by atoms with E-state index in [4.69, 9.17) is 0 Å². The molecule has 21 heavy (non-hydrogen) atoms. The molecule has 0 saturated carbocycles. The summed E-state index contributed by atoms with van der Waals surface area (Å²) in [4.78, 5) is 4.43. The highest BCUT2D eigenvalue weighted by Crippen LogP contribution is 2.17. The fourth-order valence-electron chi connectivity index (χ4n) is 2.11. The molecule has 0 aliphatic carbocycles. The van der Waals surface area contributed by atoms with E-state index in [9.17, 15) is 0 Å². The Kier molecular flexibility index (Phi) is 5.09. The third-order valence-electron chi connectivity index (χ3n) is 3.06. The minimum Gasteiger partial charge on any atom is -0.369 e. The van der Waals surface area contributed by atoms with Crippen LogP contribution in [-0.2, 0) is 0 Å². The highest BCUT2D eigenvalue weighted by molar-refractivity contribution is 5.56. The number of hydrogen-bond acceptors (Lipinski definition) is 5. The summed E-state index contributed by atoms with van der Waals surface area (Å²) in [6.45, 7) is 9.43. The van der Waals surface area contributed by atoms with Crippen molar-refractivity contribution in [3.8, 4) is 0 Å². The van der Waals surface area contributed by atoms with Gasteiger partial charge in [0.05, 0.1) is 6.20 Å². The van der Waals surface area contributed by atoms with Crippen LogP contribution in [0, 0.1) is 19.8 Å². The van der Waals surface area contributed by atoms with Crippen molar-refractivity contribution in [1.82, 2.24) is 15.2 Å². The molecule has 0 fully saturated rings. The van der Waals surface area contributed by atoms with Crippen LogP contribution in [0.25, 0.3) is 0 Å². The Morgan fingerprint density at radius 1 is 1.10 bits per heavy atom. The van der Waals surface area contributed by atoms with Crippen LogP contribution >= 0.6 is 0 Å². The minimum atomic E-state index is 0.509. The molecular weight excluding hydrogens is 262 g/mol. The molecule has 0 unspecified atom stereocenters. The predicted octanol–water partition coefficient (Wildman–Crippen LogP) is 3.69. The zero-order chi connectivity index (χ0) is 15.2. The summed E-state index contributed by atoms with van der Waals surface area (Å²) >= 11 is 0. The summed E-state index contributed by atoms with van der Waals surface area (Å²) < 4.78 is 0. The molecular formula is C16H23N5. The van der Waals surface area contributed by atoms with Gasteiger partial charge >= 0.3 is 0 Å². The fourth-order valence-corrected chi connectivity index (χ4v) is 2.11. The lowest BCUT2D eigenvalue weighted by atomic mass is 10.1. The molecule has 1 aromatic carbocycles. The molecule has 0 atom stereocenters. The standard InChI is InChI=1S/C16H23N5/c1-11(2)5-6-17-15-10-18-21-16(20-15)19-14-8-12(3)7-13(4)9-14/h7-11H,5-6H2,1-4H3,(H2,17,19,20,21). The number of aryl methyl sites for hydroxylation is 2. The smallest absolute Gasteiger partial charge is 0.249 e. The van der Waals surface area contributed by atoms with E-state index in [1.165, 1.54) is 11.1 Å². The van der Waals surface area contributed by atoms with E-state index in [2.05, 4.69) is 71.7 Å². The maximum atomic E-state index is 4.43. The van der Waals surface area contributed by atoms with Crippen LogP contribution < -0.4 is 10.6 Å². The summed E-state index contributed by atoms with van der Waals surface area (Å²) in [7, 11) is 0. The zero-order valence-electron chi connectivity index (χ0n) is 13.1. The van der Waals surface area contributed by atoms with Crippen LogP contribution in [0.1, 0.15) is 31.4 Å². The van der Waals surface area contributed by atoms with Gasteiger partial charge in [-0.3, -0.25) is 0 Å². The summed E-state index contributed by atoms with van der Waals surface area (Å²) in [6.07, 6.45) is 2.75. The average molecular weight is 285 g/mol. The molecule has 0 aliphatic rings. The largest absolute Gasteiger partial charge is 0.369 e. The van der Waals surface area contributed by atoms with E-state index in [0.717, 1.165) is 24.5 Å². The number of nitrogens with zero attached hydrogens (tertiary/aromatic N) is 3. The molecule has 2 rings (SSSR count). The monoisotopic (exact) mass is 285 g/mol. The van der Waals surface area contributed by atoms with Gasteiger partial charge in [-0.05, 0) is 49.4 Å². The highest BCUT2D eigenvalue weighted by Gasteiger charge is 2.03. The van der Waals surface area contributed by atoms with Crippen LogP contribution in [0.5, 0.6) is 0 Å². The molecule has 1 heterocycles. The van der Waals surface area contributed by atoms with Gasteiger partial charge < -0.3 is 10.6 Å². The molecule has 1 aromatic heterocycles. The molecule has 5 nitrogen and oxygen atoms in total. The van der Waals surface area contributed by atoms with Gasteiger partial charge in [-0.25, -0.2) is 0 Å². The predicted molar refractivity (Wildman–Crippen MR) is 87.0 cm³/mol. The van der Waals surface area contributed by atoms with Crippen LogP contribution in [0.2, 0.25) is 0 Å². The van der Waals surface area contributed by atoms with Crippen molar-refractivity contribution >= 4 is 17.5 Å². The Hall–Kier alpha value is -2.17. The minimum absolute atomic E-state index is 0.509. The van der Waals surface area contributed by atoms with E-state index >= 15 is 0 Å².